The molecule has 0 aromatic carbocycles. The minimum absolute atomic E-state index is 0.204. The quantitative estimate of drug-likeness (QED) is 0.458. The van der Waals surface area contributed by atoms with Crippen LogP contribution < -0.4 is 0 Å². The van der Waals surface area contributed by atoms with Gasteiger partial charge in [-0.2, -0.15) is 0 Å². The molecule has 0 aliphatic rings. The third-order valence-corrected chi connectivity index (χ3v) is 2.62. The molecule has 5 nitrogen and oxygen atoms in total. The molecule has 0 aromatic rings. The summed E-state index contributed by atoms with van der Waals surface area (Å²) in [4.78, 5) is 11.2. The molecule has 1 atom stereocenters. The van der Waals surface area contributed by atoms with Gasteiger partial charge in [-0.15, -0.1) is 0 Å². The van der Waals surface area contributed by atoms with Gasteiger partial charge in [-0.25, -0.2) is 0 Å². The number of hydrogen-bond donors (Lipinski definition) is 2. The van der Waals surface area contributed by atoms with Crippen LogP contribution >= 0.6 is 0 Å². The van der Waals surface area contributed by atoms with E-state index in [2.05, 4.69) is 0 Å². The molecule has 0 fully saturated rings. The van der Waals surface area contributed by atoms with Gasteiger partial charge in [-0.05, 0) is 40.0 Å². The van der Waals surface area contributed by atoms with Crippen molar-refractivity contribution in [3.63, 3.8) is 0 Å². The van der Waals surface area contributed by atoms with Crippen molar-refractivity contribution in [2.24, 2.45) is 0 Å². The maximum atomic E-state index is 11.2. The van der Waals surface area contributed by atoms with Crippen molar-refractivity contribution in [2.45, 2.75) is 58.2 Å². The minimum atomic E-state index is -0.670. The first kappa shape index (κ1) is 17.4. The highest BCUT2D eigenvalue weighted by atomic mass is 16.5. The van der Waals surface area contributed by atoms with E-state index in [1.807, 2.05) is 13.8 Å². The van der Waals surface area contributed by atoms with Crippen LogP contribution in [0.3, 0.4) is 0 Å². The highest BCUT2D eigenvalue weighted by Gasteiger charge is 2.20. The molecule has 0 bridgehead atoms. The monoisotopic (exact) mass is 262 g/mol. The number of aliphatic hydroxyl groups excluding tert-OH is 2. The summed E-state index contributed by atoms with van der Waals surface area (Å²) >= 11 is 0. The van der Waals surface area contributed by atoms with Gasteiger partial charge in [0.2, 0.25) is 0 Å². The molecule has 0 amide bonds. The van der Waals surface area contributed by atoms with Gasteiger partial charge < -0.3 is 19.7 Å². The van der Waals surface area contributed by atoms with E-state index in [0.717, 1.165) is 0 Å². The van der Waals surface area contributed by atoms with Crippen molar-refractivity contribution in [3.8, 4) is 0 Å². The Morgan fingerprint density at radius 2 is 2.06 bits per heavy atom. The highest BCUT2D eigenvalue weighted by Crippen LogP contribution is 2.17. The van der Waals surface area contributed by atoms with Crippen LogP contribution in [0.1, 0.15) is 46.5 Å². The van der Waals surface area contributed by atoms with E-state index in [1.165, 1.54) is 0 Å². The lowest BCUT2D eigenvalue weighted by atomic mass is 10.0. The van der Waals surface area contributed by atoms with Gasteiger partial charge in [-0.1, -0.05) is 0 Å². The van der Waals surface area contributed by atoms with Gasteiger partial charge in [-0.3, -0.25) is 4.79 Å². The topological polar surface area (TPSA) is 76.0 Å². The maximum absolute atomic E-state index is 11.2. The Bertz CT molecular complexity index is 227. The van der Waals surface area contributed by atoms with E-state index in [9.17, 15) is 4.79 Å². The average Bonchev–Trinajstić information content (AvgIpc) is 2.32. The van der Waals surface area contributed by atoms with Crippen LogP contribution in [0.2, 0.25) is 0 Å². The molecule has 108 valence electrons. The number of rotatable bonds is 10. The van der Waals surface area contributed by atoms with Gasteiger partial charge in [0.05, 0.1) is 24.9 Å². The summed E-state index contributed by atoms with van der Waals surface area (Å²) in [5.41, 5.74) is -0.378. The predicted octanol–water partition coefficient (Wildman–Crippen LogP) is 1.26. The van der Waals surface area contributed by atoms with Gasteiger partial charge >= 0.3 is 5.97 Å². The molecular weight excluding hydrogens is 236 g/mol. The average molecular weight is 262 g/mol. The largest absolute Gasteiger partial charge is 0.466 e. The zero-order valence-electron chi connectivity index (χ0n) is 11.6. The van der Waals surface area contributed by atoms with E-state index in [1.54, 1.807) is 6.92 Å². The summed E-state index contributed by atoms with van der Waals surface area (Å²) < 4.78 is 10.5. The lowest BCUT2D eigenvalue weighted by Crippen LogP contribution is -2.27. The van der Waals surface area contributed by atoms with Crippen LogP contribution in [0.4, 0.5) is 0 Å². The molecule has 5 heteroatoms. The molecule has 0 aromatic heterocycles. The summed E-state index contributed by atoms with van der Waals surface area (Å²) in [5.74, 6) is -0.204. The molecule has 0 saturated carbocycles. The first-order valence-electron chi connectivity index (χ1n) is 6.49. The Labute approximate surface area is 109 Å². The SMILES string of the molecule is CCOC(=O)CCC(C)(C)OCCCC(O)CO. The van der Waals surface area contributed by atoms with Crippen LogP contribution in [0.25, 0.3) is 0 Å². The second-order valence-corrected chi connectivity index (χ2v) is 4.89. The standard InChI is InChI=1S/C13H26O5/c1-4-17-12(16)7-8-13(2,3)18-9-5-6-11(15)10-14/h11,14-15H,4-10H2,1-3H3. The van der Waals surface area contributed by atoms with Crippen molar-refractivity contribution in [2.75, 3.05) is 19.8 Å². The first-order valence-corrected chi connectivity index (χ1v) is 6.49. The Morgan fingerprint density at radius 3 is 2.61 bits per heavy atom. The third kappa shape index (κ3) is 9.39. The van der Waals surface area contributed by atoms with Crippen molar-refractivity contribution in [3.05, 3.63) is 0 Å². The smallest absolute Gasteiger partial charge is 0.305 e. The predicted molar refractivity (Wildman–Crippen MR) is 68.2 cm³/mol. The number of carbonyl (C=O) groups is 1. The molecule has 0 aliphatic heterocycles. The second kappa shape index (κ2) is 9.30. The van der Waals surface area contributed by atoms with Crippen molar-refractivity contribution in [1.29, 1.82) is 0 Å². The summed E-state index contributed by atoms with van der Waals surface area (Å²) in [5, 5.41) is 17.8. The molecule has 0 heterocycles. The zero-order chi connectivity index (χ0) is 14.0. The lowest BCUT2D eigenvalue weighted by molar-refractivity contribution is -0.145. The van der Waals surface area contributed by atoms with E-state index in [-0.39, 0.29) is 18.2 Å². The fraction of sp³-hybridized carbons (Fsp3) is 0.923. The van der Waals surface area contributed by atoms with Crippen molar-refractivity contribution >= 4 is 5.97 Å². The molecule has 2 N–H and O–H groups in total. The first-order chi connectivity index (χ1) is 8.41. The summed E-state index contributed by atoms with van der Waals surface area (Å²) in [6.07, 6.45) is 1.49. The van der Waals surface area contributed by atoms with Crippen molar-refractivity contribution < 1.29 is 24.5 Å². The van der Waals surface area contributed by atoms with E-state index >= 15 is 0 Å². The fourth-order valence-electron chi connectivity index (χ4n) is 1.47. The third-order valence-electron chi connectivity index (χ3n) is 2.62. The Kier molecular flexibility index (Phi) is 8.97. The highest BCUT2D eigenvalue weighted by molar-refractivity contribution is 5.69. The van der Waals surface area contributed by atoms with Crippen LogP contribution in [0, 0.1) is 0 Å². The number of carbonyl (C=O) groups excluding carboxylic acids is 1. The fourth-order valence-corrected chi connectivity index (χ4v) is 1.47. The summed E-state index contributed by atoms with van der Waals surface area (Å²) in [7, 11) is 0. The molecule has 0 radical (unpaired) electrons. The van der Waals surface area contributed by atoms with Gasteiger partial charge in [0.1, 0.15) is 0 Å². The van der Waals surface area contributed by atoms with E-state index in [0.29, 0.717) is 38.9 Å². The Morgan fingerprint density at radius 1 is 1.39 bits per heavy atom. The van der Waals surface area contributed by atoms with Crippen molar-refractivity contribution in [1.82, 2.24) is 0 Å². The number of ether oxygens (including phenoxy) is 2. The van der Waals surface area contributed by atoms with Crippen LogP contribution in [0.5, 0.6) is 0 Å². The number of aliphatic hydroxyl groups is 2. The van der Waals surface area contributed by atoms with Crippen LogP contribution in [-0.4, -0.2) is 47.7 Å². The molecule has 0 saturated heterocycles. The lowest BCUT2D eigenvalue weighted by Gasteiger charge is -2.25. The molecular formula is C13H26O5. The maximum Gasteiger partial charge on any atom is 0.305 e. The molecule has 18 heavy (non-hydrogen) atoms. The van der Waals surface area contributed by atoms with Gasteiger partial charge in [0.25, 0.3) is 0 Å². The molecule has 0 rings (SSSR count). The van der Waals surface area contributed by atoms with E-state index < -0.39 is 6.10 Å². The molecule has 0 spiro atoms. The molecule has 1 unspecified atom stereocenters. The zero-order valence-corrected chi connectivity index (χ0v) is 11.6. The normalized spacial score (nSPS) is 13.4. The second-order valence-electron chi connectivity index (χ2n) is 4.89. The molecule has 0 aliphatic carbocycles. The van der Waals surface area contributed by atoms with Crippen LogP contribution in [-0.2, 0) is 14.3 Å². The summed E-state index contributed by atoms with van der Waals surface area (Å²) in [6, 6.07) is 0. The Hall–Kier alpha value is -0.650. The van der Waals surface area contributed by atoms with Crippen LogP contribution in [0.15, 0.2) is 0 Å². The Balaban J connectivity index is 3.69. The minimum Gasteiger partial charge on any atom is -0.466 e. The summed E-state index contributed by atoms with van der Waals surface area (Å²) in [6.45, 7) is 6.33. The number of esters is 1. The van der Waals surface area contributed by atoms with E-state index in [4.69, 9.17) is 19.7 Å². The van der Waals surface area contributed by atoms with Gasteiger partial charge in [0.15, 0.2) is 0 Å². The number of hydrogen-bond acceptors (Lipinski definition) is 5. The van der Waals surface area contributed by atoms with Gasteiger partial charge in [0, 0.05) is 13.0 Å².